The molecule has 0 amide bonds. The molecular formula is C30H44ClNO4SSi3. The van der Waals surface area contributed by atoms with Gasteiger partial charge in [-0.3, -0.25) is 4.79 Å². The topological polar surface area (TPSA) is 63.7 Å². The van der Waals surface area contributed by atoms with Crippen LogP contribution in [-0.4, -0.2) is 53.1 Å². The third kappa shape index (κ3) is 5.15. The quantitative estimate of drug-likeness (QED) is 0.244. The Bertz CT molecular complexity index is 1420. The summed E-state index contributed by atoms with van der Waals surface area (Å²) >= 11 is 6.30. The van der Waals surface area contributed by atoms with Gasteiger partial charge in [0.05, 0.1) is 18.0 Å². The number of nitrogens with zero attached hydrogens (tertiary/aromatic N) is 1. The van der Waals surface area contributed by atoms with Gasteiger partial charge in [-0.25, -0.2) is 8.42 Å². The van der Waals surface area contributed by atoms with E-state index in [1.807, 2.05) is 52.0 Å². The fourth-order valence-electron chi connectivity index (χ4n) is 6.93. The number of esters is 1. The number of hydrogen-bond donors (Lipinski definition) is 0. The van der Waals surface area contributed by atoms with Crippen LogP contribution in [0.5, 0.6) is 0 Å². The summed E-state index contributed by atoms with van der Waals surface area (Å²) < 4.78 is 36.6. The highest BCUT2D eigenvalue weighted by atomic mass is 35.5. The number of ether oxygens (including phenoxy) is 1. The summed E-state index contributed by atoms with van der Waals surface area (Å²) in [5.74, 6) is -0.307. The lowest BCUT2D eigenvalue weighted by atomic mass is 9.76. The average molecular weight is 634 g/mol. The highest BCUT2D eigenvalue weighted by Crippen LogP contribution is 2.63. The van der Waals surface area contributed by atoms with Crippen molar-refractivity contribution in [3.63, 3.8) is 0 Å². The van der Waals surface area contributed by atoms with Crippen LogP contribution in [-0.2, 0) is 19.6 Å². The SMILES string of the molecule is Cc1ccc(S(=O)(=O)N2CC3=C[Si]([Si](C)(C)C)([Si](C)(C)C)C[C@]3(C(=O)OC(C)(C)C)[C@@H]2c2ccc(Cl)cc2)cc1. The first-order valence-corrected chi connectivity index (χ1v) is 27.1. The van der Waals surface area contributed by atoms with Crippen LogP contribution in [0.25, 0.3) is 0 Å². The number of fused-ring (bicyclic) bond motifs is 1. The summed E-state index contributed by atoms with van der Waals surface area (Å²) in [6.45, 7) is 22.4. The normalized spacial score (nSPS) is 23.6. The lowest BCUT2D eigenvalue weighted by Crippen LogP contribution is -2.71. The number of halogens is 1. The van der Waals surface area contributed by atoms with Crippen LogP contribution in [0.15, 0.2) is 64.7 Å². The van der Waals surface area contributed by atoms with Crippen LogP contribution in [0.1, 0.15) is 37.9 Å². The van der Waals surface area contributed by atoms with E-state index >= 15 is 0 Å². The van der Waals surface area contributed by atoms with E-state index in [1.54, 1.807) is 28.6 Å². The minimum atomic E-state index is -3.94. The van der Waals surface area contributed by atoms with Crippen molar-refractivity contribution in [2.24, 2.45) is 5.41 Å². The molecule has 0 radical (unpaired) electrons. The van der Waals surface area contributed by atoms with Crippen molar-refractivity contribution < 1.29 is 17.9 Å². The van der Waals surface area contributed by atoms with E-state index in [0.717, 1.165) is 16.7 Å². The lowest BCUT2D eigenvalue weighted by molar-refractivity contribution is -0.165. The molecule has 1 fully saturated rings. The highest BCUT2D eigenvalue weighted by Gasteiger charge is 2.71. The maximum Gasteiger partial charge on any atom is 0.318 e. The van der Waals surface area contributed by atoms with E-state index < -0.39 is 49.4 Å². The fraction of sp³-hybridized carbons (Fsp3) is 0.500. The Kier molecular flexibility index (Phi) is 7.90. The molecule has 0 aromatic heterocycles. The Morgan fingerprint density at radius 1 is 0.975 bits per heavy atom. The van der Waals surface area contributed by atoms with Crippen LogP contribution in [0.2, 0.25) is 50.3 Å². The molecule has 0 saturated carbocycles. The number of carbonyl (C=O) groups is 1. The molecule has 4 rings (SSSR count). The van der Waals surface area contributed by atoms with Gasteiger partial charge in [0.1, 0.15) is 11.0 Å². The summed E-state index contributed by atoms with van der Waals surface area (Å²) in [5, 5.41) is 0.566. The van der Waals surface area contributed by atoms with Gasteiger partial charge in [0.25, 0.3) is 0 Å². The second-order valence-corrected chi connectivity index (χ2v) is 44.4. The van der Waals surface area contributed by atoms with E-state index in [1.165, 1.54) is 0 Å². The van der Waals surface area contributed by atoms with E-state index in [-0.39, 0.29) is 17.4 Å². The number of aryl methyl sites for hydroxylation is 1. The first-order valence-electron chi connectivity index (χ1n) is 14.0. The predicted octanol–water partition coefficient (Wildman–Crippen LogP) is 7.48. The Morgan fingerprint density at radius 3 is 1.98 bits per heavy atom. The molecular weight excluding hydrogens is 590 g/mol. The van der Waals surface area contributed by atoms with Gasteiger partial charge in [-0.15, -0.1) is 0 Å². The molecule has 0 bridgehead atoms. The zero-order chi connectivity index (χ0) is 30.1. The smallest absolute Gasteiger partial charge is 0.318 e. The Balaban J connectivity index is 2.05. The van der Waals surface area contributed by atoms with Crippen LogP contribution >= 0.6 is 11.6 Å². The minimum Gasteiger partial charge on any atom is -0.459 e. The van der Waals surface area contributed by atoms with Crippen molar-refractivity contribution in [3.05, 3.63) is 76.0 Å². The maximum absolute atomic E-state index is 14.7. The zero-order valence-electron chi connectivity index (χ0n) is 25.6. The third-order valence-electron chi connectivity index (χ3n) is 8.89. The van der Waals surface area contributed by atoms with Crippen molar-refractivity contribution in [1.29, 1.82) is 0 Å². The summed E-state index contributed by atoms with van der Waals surface area (Å²) in [5.41, 5.74) is 3.39. The van der Waals surface area contributed by atoms with Gasteiger partial charge in [0.15, 0.2) is 0 Å². The number of sulfonamides is 1. The molecule has 2 atom stereocenters. The monoisotopic (exact) mass is 633 g/mol. The number of carbonyl (C=O) groups excluding carboxylic acids is 1. The second kappa shape index (κ2) is 10.1. The van der Waals surface area contributed by atoms with Crippen LogP contribution in [0, 0.1) is 12.3 Å². The molecule has 2 aromatic carbocycles. The standard InChI is InChI=1S/C30H44ClNO4SSi3/c1-22-11-17-26(18-12-22)37(34,35)32-19-24-20-40(38(5,6)7,39(8,9)10)21-30(24,28(33)36-29(2,3)4)27(32)23-13-15-25(31)16-14-23/h11-18,20,27H,19,21H2,1-10H3/t27-,30+/m0/s1. The van der Waals surface area contributed by atoms with Crippen molar-refractivity contribution in [2.45, 2.75) is 89.6 Å². The van der Waals surface area contributed by atoms with Crippen LogP contribution in [0.4, 0.5) is 0 Å². The molecule has 10 heteroatoms. The van der Waals surface area contributed by atoms with Gasteiger partial charge in [-0.05, 0) is 69.1 Å². The third-order valence-corrected chi connectivity index (χ3v) is 49.8. The zero-order valence-corrected chi connectivity index (χ0v) is 30.1. The minimum absolute atomic E-state index is 0.187. The molecule has 1 saturated heterocycles. The molecule has 0 unspecified atom stereocenters. The van der Waals surface area contributed by atoms with Crippen molar-refractivity contribution in [2.75, 3.05) is 6.54 Å². The van der Waals surface area contributed by atoms with Crippen LogP contribution < -0.4 is 0 Å². The molecule has 2 aliphatic rings. The summed E-state index contributed by atoms with van der Waals surface area (Å²) in [6.07, 6.45) is 0. The molecule has 2 heterocycles. The van der Waals surface area contributed by atoms with Crippen molar-refractivity contribution in [3.8, 4) is 0 Å². The lowest BCUT2D eigenvalue weighted by Gasteiger charge is -2.49. The summed E-state index contributed by atoms with van der Waals surface area (Å²) in [7, 11) is -9.63. The van der Waals surface area contributed by atoms with Crippen molar-refractivity contribution >= 4 is 49.9 Å². The first-order chi connectivity index (χ1) is 18.2. The van der Waals surface area contributed by atoms with E-state index in [4.69, 9.17) is 16.3 Å². The molecule has 0 aliphatic carbocycles. The number of benzene rings is 2. The van der Waals surface area contributed by atoms with Gasteiger partial charge in [0, 0.05) is 26.8 Å². The maximum atomic E-state index is 14.7. The fourth-order valence-corrected chi connectivity index (χ4v) is 50.9. The number of hydrogen-bond acceptors (Lipinski definition) is 4. The highest BCUT2D eigenvalue weighted by molar-refractivity contribution is 7.89. The molecule has 40 heavy (non-hydrogen) atoms. The van der Waals surface area contributed by atoms with Gasteiger partial charge in [-0.2, -0.15) is 4.31 Å². The van der Waals surface area contributed by atoms with Gasteiger partial charge >= 0.3 is 5.97 Å². The Labute approximate surface area is 248 Å². The molecule has 2 aromatic rings. The predicted molar refractivity (Wildman–Crippen MR) is 173 cm³/mol. The average Bonchev–Trinajstić information content (AvgIpc) is 3.31. The largest absolute Gasteiger partial charge is 0.459 e. The molecule has 0 N–H and O–H groups in total. The van der Waals surface area contributed by atoms with E-state index in [2.05, 4.69) is 45.0 Å². The molecule has 5 nitrogen and oxygen atoms in total. The molecule has 2 aliphatic heterocycles. The van der Waals surface area contributed by atoms with Gasteiger partial charge < -0.3 is 4.74 Å². The second-order valence-electron chi connectivity index (χ2n) is 14.6. The Morgan fingerprint density at radius 2 is 1.50 bits per heavy atom. The molecule has 218 valence electrons. The van der Waals surface area contributed by atoms with E-state index in [0.29, 0.717) is 11.1 Å². The summed E-state index contributed by atoms with van der Waals surface area (Å²) in [4.78, 5) is 14.9. The van der Waals surface area contributed by atoms with Gasteiger partial charge in [0.2, 0.25) is 10.0 Å². The summed E-state index contributed by atoms with van der Waals surface area (Å²) in [6, 6.07) is 14.3. The van der Waals surface area contributed by atoms with E-state index in [9.17, 15) is 13.2 Å². The van der Waals surface area contributed by atoms with Crippen LogP contribution in [0.3, 0.4) is 0 Å². The number of rotatable bonds is 6. The Hall–Kier alpha value is -1.50. The first kappa shape index (κ1) is 31.4. The molecule has 0 spiro atoms. The van der Waals surface area contributed by atoms with Gasteiger partial charge in [-0.1, -0.05) is 86.4 Å². The van der Waals surface area contributed by atoms with Crippen molar-refractivity contribution in [1.82, 2.24) is 4.31 Å².